The summed E-state index contributed by atoms with van der Waals surface area (Å²) in [6.45, 7) is 3.29. The van der Waals surface area contributed by atoms with Gasteiger partial charge in [-0.15, -0.1) is 25.6 Å². The minimum absolute atomic E-state index is 0.0217. The van der Waals surface area contributed by atoms with Gasteiger partial charge in [0.15, 0.2) is 19.7 Å². The molecule has 27 nitrogen and oxygen atoms in total. The number of phenols is 1. The van der Waals surface area contributed by atoms with E-state index in [1.165, 1.54) is 19.1 Å². The van der Waals surface area contributed by atoms with Crippen LogP contribution in [0.5, 0.6) is 5.75 Å². The number of nitrogens with zero attached hydrogens (tertiary/aromatic N) is 6. The first kappa shape index (κ1) is 50.9. The number of sulfone groups is 2. The largest absolute Gasteiger partial charge is 0.506 e. The van der Waals surface area contributed by atoms with Crippen LogP contribution in [0.15, 0.2) is 129 Å². The topological polar surface area (TPSA) is 437 Å². The summed E-state index contributed by atoms with van der Waals surface area (Å²) in [5, 5.41) is 36.4. The third-order valence-electron chi connectivity index (χ3n) is 7.56. The Morgan fingerprint density at radius 2 is 1.05 bits per heavy atom. The molecule has 0 fully saturated rings. The van der Waals surface area contributed by atoms with E-state index in [0.29, 0.717) is 6.07 Å². The average molecular weight is 1010 g/mol. The van der Waals surface area contributed by atoms with Crippen molar-refractivity contribution in [2.75, 3.05) is 35.8 Å². The van der Waals surface area contributed by atoms with Crippen molar-refractivity contribution in [3.8, 4) is 5.75 Å². The second-order valence-corrected chi connectivity index (χ2v) is 21.6. The molecule has 0 radical (unpaired) electrons. The standard InChI is InChI=1S/C31H32N8O19S6/c1-18(2)33-25-16-28(31(62(48,49)50)17-26(25)37-34-19-3-5-20(6-4-19)59(41,42)11-9-57-63(51,52)53)39-38-27-15-24(22(32)14-29(27)40)36-35-23-8-7-21(13-30(23)61(45,46)47)60(43,44)12-10-58-64(54,55)56/h3-8,13-17,33,40H,1,9-12,32H2,2H3,(H,45,46,47)(H,48,49,50)(H,51,52,53)(H,54,55,56)/b36-35+,37-34+,39-38+. The second-order valence-electron chi connectivity index (χ2n) is 12.5. The maximum Gasteiger partial charge on any atom is 0.397 e. The van der Waals surface area contributed by atoms with Crippen molar-refractivity contribution in [3.05, 3.63) is 79.0 Å². The zero-order valence-electron chi connectivity index (χ0n) is 32.0. The third-order valence-corrected chi connectivity index (χ3v) is 13.6. The predicted molar refractivity (Wildman–Crippen MR) is 222 cm³/mol. The minimum Gasteiger partial charge on any atom is -0.506 e. The average Bonchev–Trinajstić information content (AvgIpc) is 3.14. The second kappa shape index (κ2) is 19.6. The van der Waals surface area contributed by atoms with Crippen LogP contribution in [-0.2, 0) is 69.1 Å². The van der Waals surface area contributed by atoms with Gasteiger partial charge in [-0.05, 0) is 67.6 Å². The zero-order valence-corrected chi connectivity index (χ0v) is 36.9. The van der Waals surface area contributed by atoms with Gasteiger partial charge in [0.1, 0.15) is 44.0 Å². The van der Waals surface area contributed by atoms with Crippen LogP contribution in [-0.4, -0.2) is 98.5 Å². The highest BCUT2D eigenvalue weighted by molar-refractivity contribution is 7.92. The molecule has 0 amide bonds. The Bertz CT molecular complexity index is 3270. The number of hydrogen-bond acceptors (Lipinski definition) is 23. The zero-order chi connectivity index (χ0) is 48.1. The van der Waals surface area contributed by atoms with Crippen LogP contribution in [0.4, 0.5) is 45.5 Å². The van der Waals surface area contributed by atoms with E-state index >= 15 is 0 Å². The Hall–Kier alpha value is -5.72. The summed E-state index contributed by atoms with van der Waals surface area (Å²) >= 11 is 0. The molecule has 346 valence electrons. The summed E-state index contributed by atoms with van der Waals surface area (Å²) in [6.07, 6.45) is 0. The number of nitrogen functional groups attached to an aromatic ring is 1. The molecule has 0 aliphatic carbocycles. The molecule has 0 saturated carbocycles. The number of azo groups is 3. The fourth-order valence-corrected chi connectivity index (χ4v) is 9.11. The van der Waals surface area contributed by atoms with Crippen LogP contribution in [0.3, 0.4) is 0 Å². The number of aromatic hydroxyl groups is 1. The molecule has 0 aliphatic rings. The smallest absolute Gasteiger partial charge is 0.397 e. The molecule has 0 spiro atoms. The molecule has 0 unspecified atom stereocenters. The molecule has 0 heterocycles. The molecule has 0 atom stereocenters. The van der Waals surface area contributed by atoms with Crippen molar-refractivity contribution in [2.45, 2.75) is 26.5 Å². The van der Waals surface area contributed by atoms with E-state index in [1.54, 1.807) is 0 Å². The van der Waals surface area contributed by atoms with E-state index in [9.17, 15) is 64.7 Å². The third kappa shape index (κ3) is 14.7. The lowest BCUT2D eigenvalue weighted by Gasteiger charge is -2.11. The van der Waals surface area contributed by atoms with Crippen molar-refractivity contribution in [1.29, 1.82) is 0 Å². The molecule has 8 N–H and O–H groups in total. The van der Waals surface area contributed by atoms with E-state index < -0.39 is 123 Å². The lowest BCUT2D eigenvalue weighted by atomic mass is 10.2. The summed E-state index contributed by atoms with van der Waals surface area (Å²) in [4.78, 5) is -2.99. The Morgan fingerprint density at radius 3 is 1.58 bits per heavy atom. The van der Waals surface area contributed by atoms with E-state index in [0.717, 1.165) is 48.5 Å². The highest BCUT2D eigenvalue weighted by atomic mass is 32.3. The number of allylic oxidation sites excluding steroid dienone is 1. The summed E-state index contributed by atoms with van der Waals surface area (Å²) in [5.41, 5.74) is 3.63. The Balaban J connectivity index is 1.69. The number of phenolic OH excluding ortho intramolecular Hbond substituents is 1. The highest BCUT2D eigenvalue weighted by Crippen LogP contribution is 2.41. The monoisotopic (exact) mass is 1010 g/mol. The van der Waals surface area contributed by atoms with Gasteiger partial charge in [-0.25, -0.2) is 25.2 Å². The van der Waals surface area contributed by atoms with Crippen molar-refractivity contribution < 1.29 is 82.2 Å². The van der Waals surface area contributed by atoms with Crippen LogP contribution < -0.4 is 11.1 Å². The predicted octanol–water partition coefficient (Wildman–Crippen LogP) is 4.85. The van der Waals surface area contributed by atoms with Crippen LogP contribution in [0.1, 0.15) is 6.92 Å². The van der Waals surface area contributed by atoms with Gasteiger partial charge in [0.05, 0.1) is 51.6 Å². The number of nitrogens with one attached hydrogen (secondary N) is 1. The SMILES string of the molecule is C=C(C)Nc1cc(/N=N/c2cc(/N=N/c3ccc(S(=O)(=O)CCOS(=O)(=O)O)cc3S(=O)(=O)O)c(N)cc2O)c(S(=O)(=O)O)cc1/N=N/c1ccc(S(=O)(=O)CCOS(=O)(=O)O)cc1. The molecule has 0 aromatic heterocycles. The number of anilines is 2. The summed E-state index contributed by atoms with van der Waals surface area (Å²) in [7, 11) is -28.8. The number of benzene rings is 4. The van der Waals surface area contributed by atoms with E-state index in [2.05, 4.69) is 50.9 Å². The highest BCUT2D eigenvalue weighted by Gasteiger charge is 2.24. The summed E-state index contributed by atoms with van der Waals surface area (Å²) in [5.74, 6) is -2.53. The lowest BCUT2D eigenvalue weighted by Crippen LogP contribution is -2.16. The van der Waals surface area contributed by atoms with Gasteiger partial charge in [0.2, 0.25) is 0 Å². The van der Waals surface area contributed by atoms with Crippen molar-refractivity contribution in [3.63, 3.8) is 0 Å². The van der Waals surface area contributed by atoms with E-state index in [-0.39, 0.29) is 39.0 Å². The maximum absolute atomic E-state index is 12.6. The molecule has 33 heteroatoms. The van der Waals surface area contributed by atoms with Gasteiger partial charge in [-0.1, -0.05) is 6.58 Å². The minimum atomic E-state index is -5.22. The molecule has 4 aromatic carbocycles. The molecule has 0 saturated heterocycles. The Kier molecular flexibility index (Phi) is 15.6. The van der Waals surface area contributed by atoms with Gasteiger partial charge in [0.25, 0.3) is 20.2 Å². The molecule has 0 aliphatic heterocycles. The van der Waals surface area contributed by atoms with E-state index in [1.807, 2.05) is 0 Å². The van der Waals surface area contributed by atoms with Gasteiger partial charge >= 0.3 is 20.8 Å². The normalized spacial score (nSPS) is 13.3. The van der Waals surface area contributed by atoms with Crippen LogP contribution in [0.25, 0.3) is 0 Å². The summed E-state index contributed by atoms with van der Waals surface area (Å²) in [6, 6.07) is 10.4. The quantitative estimate of drug-likeness (QED) is 0.0353. The van der Waals surface area contributed by atoms with E-state index in [4.69, 9.17) is 14.8 Å². The van der Waals surface area contributed by atoms with Gasteiger partial charge < -0.3 is 16.2 Å². The van der Waals surface area contributed by atoms with Crippen LogP contribution >= 0.6 is 0 Å². The first-order chi connectivity index (χ1) is 29.3. The summed E-state index contributed by atoms with van der Waals surface area (Å²) < 4.78 is 188. The molecule has 4 rings (SSSR count). The van der Waals surface area contributed by atoms with Gasteiger partial charge in [0, 0.05) is 11.8 Å². The van der Waals surface area contributed by atoms with Crippen LogP contribution in [0, 0.1) is 0 Å². The van der Waals surface area contributed by atoms with Gasteiger partial charge in [-0.3, -0.25) is 18.2 Å². The fourth-order valence-electron chi connectivity index (χ4n) is 4.76. The molecule has 4 aromatic rings. The fraction of sp³-hybridized carbons (Fsp3) is 0.161. The van der Waals surface area contributed by atoms with Crippen LogP contribution in [0.2, 0.25) is 0 Å². The molecule has 64 heavy (non-hydrogen) atoms. The first-order valence-corrected chi connectivity index (χ1v) is 25.6. The molecular weight excluding hydrogens is 981 g/mol. The van der Waals surface area contributed by atoms with Crippen molar-refractivity contribution >= 4 is 106 Å². The molecular formula is C31H32N8O19S6. The van der Waals surface area contributed by atoms with Crippen molar-refractivity contribution in [1.82, 2.24) is 0 Å². The Labute approximate surface area is 364 Å². The number of rotatable bonds is 20. The van der Waals surface area contributed by atoms with Gasteiger partial charge in [-0.2, -0.15) is 38.8 Å². The number of nitrogens with two attached hydrogens (primary N) is 1. The number of hydrogen-bond donors (Lipinski definition) is 7. The Morgan fingerprint density at radius 1 is 0.578 bits per heavy atom. The van der Waals surface area contributed by atoms with Crippen molar-refractivity contribution in [2.24, 2.45) is 30.7 Å². The first-order valence-electron chi connectivity index (χ1n) is 16.7. The molecule has 0 bridgehead atoms. The lowest BCUT2D eigenvalue weighted by molar-refractivity contribution is 0.282. The maximum atomic E-state index is 12.6.